The highest BCUT2D eigenvalue weighted by Crippen LogP contribution is 2.29. The van der Waals surface area contributed by atoms with Crippen LogP contribution in [0.2, 0.25) is 0 Å². The van der Waals surface area contributed by atoms with Gasteiger partial charge in [-0.1, -0.05) is 24.3 Å². The van der Waals surface area contributed by atoms with Gasteiger partial charge in [-0.2, -0.15) is 0 Å². The maximum Gasteiger partial charge on any atom is 0.235 e. The Hall–Kier alpha value is -2.99. The molecule has 25 heavy (non-hydrogen) atoms. The van der Waals surface area contributed by atoms with Gasteiger partial charge in [-0.05, 0) is 36.4 Å². The summed E-state index contributed by atoms with van der Waals surface area (Å²) < 4.78 is 7.32. The van der Waals surface area contributed by atoms with Crippen molar-refractivity contribution in [1.82, 2.24) is 9.38 Å². The first-order valence-electron chi connectivity index (χ1n) is 7.80. The van der Waals surface area contributed by atoms with Crippen LogP contribution in [0.1, 0.15) is 0 Å². The summed E-state index contributed by atoms with van der Waals surface area (Å²) in [5.41, 5.74) is 1.37. The van der Waals surface area contributed by atoms with E-state index < -0.39 is 0 Å². The van der Waals surface area contributed by atoms with E-state index >= 15 is 0 Å². The largest absolute Gasteiger partial charge is 0.463 e. The van der Waals surface area contributed by atoms with Gasteiger partial charge >= 0.3 is 0 Å². The summed E-state index contributed by atoms with van der Waals surface area (Å²) >= 11 is 1.49. The van der Waals surface area contributed by atoms with E-state index in [1.165, 1.54) is 11.8 Å². The summed E-state index contributed by atoms with van der Waals surface area (Å²) in [6.07, 6.45) is 3.46. The van der Waals surface area contributed by atoms with E-state index in [-0.39, 0.29) is 5.91 Å². The fourth-order valence-corrected chi connectivity index (χ4v) is 3.25. The first kappa shape index (κ1) is 15.5. The van der Waals surface area contributed by atoms with Gasteiger partial charge in [0.05, 0.1) is 12.0 Å². The summed E-state index contributed by atoms with van der Waals surface area (Å²) in [4.78, 5) is 18.1. The Morgan fingerprint density at radius 1 is 1.08 bits per heavy atom. The van der Waals surface area contributed by atoms with Crippen LogP contribution >= 0.6 is 11.8 Å². The van der Waals surface area contributed by atoms with E-state index in [1.54, 1.807) is 12.3 Å². The SMILES string of the molecule is O=C(CSc1ccccc1)Nc1c(-c2ccco2)nc2ccccn12. The molecular formula is C19H15N3O2S. The predicted molar refractivity (Wildman–Crippen MR) is 98.7 cm³/mol. The van der Waals surface area contributed by atoms with E-state index in [2.05, 4.69) is 10.3 Å². The van der Waals surface area contributed by atoms with Crippen molar-refractivity contribution in [3.63, 3.8) is 0 Å². The number of carbonyl (C=O) groups excluding carboxylic acids is 1. The molecule has 0 atom stereocenters. The zero-order valence-corrected chi connectivity index (χ0v) is 14.1. The Morgan fingerprint density at radius 3 is 2.72 bits per heavy atom. The third-order valence-electron chi connectivity index (χ3n) is 3.66. The molecule has 4 aromatic rings. The number of anilines is 1. The molecule has 0 bridgehead atoms. The van der Waals surface area contributed by atoms with Crippen LogP contribution < -0.4 is 5.32 Å². The first-order chi connectivity index (χ1) is 12.3. The Labute approximate surface area is 148 Å². The van der Waals surface area contributed by atoms with E-state index in [1.807, 2.05) is 65.2 Å². The van der Waals surface area contributed by atoms with Crippen LogP contribution in [0, 0.1) is 0 Å². The summed E-state index contributed by atoms with van der Waals surface area (Å²) in [5, 5.41) is 2.97. The number of amides is 1. The molecule has 0 saturated heterocycles. The lowest BCUT2D eigenvalue weighted by Crippen LogP contribution is -2.16. The monoisotopic (exact) mass is 349 g/mol. The Morgan fingerprint density at radius 2 is 1.92 bits per heavy atom. The number of nitrogens with one attached hydrogen (secondary N) is 1. The standard InChI is InChI=1S/C19H15N3O2S/c23-17(13-25-14-7-2-1-3-8-14)21-19-18(15-9-6-12-24-15)20-16-10-4-5-11-22(16)19/h1-12H,13H2,(H,21,23). The van der Waals surface area contributed by atoms with Gasteiger partial charge in [0.2, 0.25) is 5.91 Å². The van der Waals surface area contributed by atoms with Crippen LogP contribution in [0.4, 0.5) is 5.82 Å². The highest BCUT2D eigenvalue weighted by atomic mass is 32.2. The zero-order chi connectivity index (χ0) is 17.1. The van der Waals surface area contributed by atoms with Gasteiger partial charge in [0.1, 0.15) is 17.2 Å². The molecule has 0 aliphatic rings. The molecular weight excluding hydrogens is 334 g/mol. The molecule has 5 nitrogen and oxygen atoms in total. The number of hydrogen-bond donors (Lipinski definition) is 1. The van der Waals surface area contributed by atoms with Gasteiger partial charge < -0.3 is 9.73 Å². The Kier molecular flexibility index (Phi) is 4.26. The molecule has 124 valence electrons. The lowest BCUT2D eigenvalue weighted by atomic mass is 10.3. The van der Waals surface area contributed by atoms with Crippen molar-refractivity contribution in [3.8, 4) is 11.5 Å². The molecule has 3 heterocycles. The smallest absolute Gasteiger partial charge is 0.235 e. The van der Waals surface area contributed by atoms with E-state index in [0.29, 0.717) is 23.0 Å². The number of pyridine rings is 1. The number of furan rings is 1. The van der Waals surface area contributed by atoms with Gasteiger partial charge in [0.15, 0.2) is 5.76 Å². The number of benzene rings is 1. The average molecular weight is 349 g/mol. The van der Waals surface area contributed by atoms with Gasteiger partial charge in [-0.15, -0.1) is 11.8 Å². The van der Waals surface area contributed by atoms with Crippen LogP contribution in [-0.4, -0.2) is 21.0 Å². The Bertz CT molecular complexity index is 994. The lowest BCUT2D eigenvalue weighted by molar-refractivity contribution is -0.113. The van der Waals surface area contributed by atoms with Gasteiger partial charge in [0, 0.05) is 11.1 Å². The van der Waals surface area contributed by atoms with Gasteiger partial charge in [0.25, 0.3) is 0 Å². The number of aromatic nitrogens is 2. The van der Waals surface area contributed by atoms with Crippen molar-refractivity contribution < 1.29 is 9.21 Å². The number of nitrogens with zero attached hydrogens (tertiary/aromatic N) is 2. The van der Waals surface area contributed by atoms with Crippen molar-refractivity contribution in [1.29, 1.82) is 0 Å². The fraction of sp³-hybridized carbons (Fsp3) is 0.0526. The molecule has 0 aliphatic carbocycles. The molecule has 3 aromatic heterocycles. The van der Waals surface area contributed by atoms with Crippen LogP contribution in [0.15, 0.2) is 82.4 Å². The highest BCUT2D eigenvalue weighted by molar-refractivity contribution is 8.00. The van der Waals surface area contributed by atoms with Crippen molar-refractivity contribution in [3.05, 3.63) is 73.1 Å². The van der Waals surface area contributed by atoms with E-state index in [0.717, 1.165) is 10.5 Å². The fourth-order valence-electron chi connectivity index (χ4n) is 2.53. The quantitative estimate of drug-likeness (QED) is 0.545. The van der Waals surface area contributed by atoms with Crippen LogP contribution in [-0.2, 0) is 4.79 Å². The van der Waals surface area contributed by atoms with Gasteiger partial charge in [-0.3, -0.25) is 9.20 Å². The molecule has 0 unspecified atom stereocenters. The zero-order valence-electron chi connectivity index (χ0n) is 13.3. The molecule has 1 aromatic carbocycles. The van der Waals surface area contributed by atoms with Crippen LogP contribution in [0.3, 0.4) is 0 Å². The number of carbonyl (C=O) groups is 1. The van der Waals surface area contributed by atoms with Crippen LogP contribution in [0.5, 0.6) is 0 Å². The number of fused-ring (bicyclic) bond motifs is 1. The van der Waals surface area contributed by atoms with Crippen molar-refractivity contribution in [2.45, 2.75) is 4.90 Å². The third kappa shape index (κ3) is 3.29. The van der Waals surface area contributed by atoms with E-state index in [9.17, 15) is 4.79 Å². The van der Waals surface area contributed by atoms with Crippen LogP contribution in [0.25, 0.3) is 17.1 Å². The summed E-state index contributed by atoms with van der Waals surface area (Å²) in [6.45, 7) is 0. The minimum Gasteiger partial charge on any atom is -0.463 e. The van der Waals surface area contributed by atoms with Gasteiger partial charge in [-0.25, -0.2) is 4.98 Å². The molecule has 4 rings (SSSR count). The second-order valence-corrected chi connectivity index (χ2v) is 6.41. The number of hydrogen-bond acceptors (Lipinski definition) is 4. The molecule has 1 amide bonds. The number of imidazole rings is 1. The maximum atomic E-state index is 12.4. The highest BCUT2D eigenvalue weighted by Gasteiger charge is 2.18. The number of thioether (sulfide) groups is 1. The maximum absolute atomic E-state index is 12.4. The van der Waals surface area contributed by atoms with Crippen molar-refractivity contribution >= 4 is 29.1 Å². The molecule has 6 heteroatoms. The van der Waals surface area contributed by atoms with E-state index in [4.69, 9.17) is 4.42 Å². The Balaban J connectivity index is 1.60. The van der Waals surface area contributed by atoms with Crippen molar-refractivity contribution in [2.75, 3.05) is 11.1 Å². The molecule has 0 aliphatic heterocycles. The second-order valence-electron chi connectivity index (χ2n) is 5.37. The minimum absolute atomic E-state index is 0.0905. The summed E-state index contributed by atoms with van der Waals surface area (Å²) in [7, 11) is 0. The predicted octanol–water partition coefficient (Wildman–Crippen LogP) is 4.33. The number of rotatable bonds is 5. The molecule has 0 saturated carbocycles. The topological polar surface area (TPSA) is 59.5 Å². The first-order valence-corrected chi connectivity index (χ1v) is 8.78. The molecule has 0 radical (unpaired) electrons. The van der Waals surface area contributed by atoms with Crippen molar-refractivity contribution in [2.24, 2.45) is 0 Å². The second kappa shape index (κ2) is 6.86. The summed E-state index contributed by atoms with van der Waals surface area (Å²) in [6, 6.07) is 19.2. The third-order valence-corrected chi connectivity index (χ3v) is 4.67. The lowest BCUT2D eigenvalue weighted by Gasteiger charge is -2.07. The average Bonchev–Trinajstić information content (AvgIpc) is 3.29. The molecule has 0 spiro atoms. The molecule has 0 fully saturated rings. The molecule has 1 N–H and O–H groups in total. The normalized spacial score (nSPS) is 10.9. The summed E-state index contributed by atoms with van der Waals surface area (Å²) in [5.74, 6) is 1.47. The minimum atomic E-state index is -0.0905.